The fourth-order valence-corrected chi connectivity index (χ4v) is 1.89. The lowest BCUT2D eigenvalue weighted by atomic mass is 10.1. The first-order valence-corrected chi connectivity index (χ1v) is 5.64. The molecule has 1 aliphatic heterocycles. The third-order valence-corrected chi connectivity index (χ3v) is 2.92. The summed E-state index contributed by atoms with van der Waals surface area (Å²) in [6.07, 6.45) is 4.02. The monoisotopic (exact) mass is 226 g/mol. The Morgan fingerprint density at radius 1 is 1.60 bits per heavy atom. The predicted octanol–water partition coefficient (Wildman–Crippen LogP) is 2.00. The lowest BCUT2D eigenvalue weighted by Gasteiger charge is -2.23. The molecule has 0 aromatic carbocycles. The van der Waals surface area contributed by atoms with Gasteiger partial charge in [0.1, 0.15) is 5.15 Å². The minimum absolute atomic E-state index is 0.454. The van der Waals surface area contributed by atoms with Crippen LogP contribution in [0.1, 0.15) is 18.4 Å². The highest BCUT2D eigenvalue weighted by Crippen LogP contribution is 2.12. The number of nitrogens with zero attached hydrogens (tertiary/aromatic N) is 1. The maximum atomic E-state index is 5.96. The van der Waals surface area contributed by atoms with Gasteiger partial charge in [0.05, 0.1) is 6.61 Å². The number of rotatable bonds is 3. The van der Waals surface area contributed by atoms with Crippen LogP contribution in [0.25, 0.3) is 0 Å². The molecule has 82 valence electrons. The van der Waals surface area contributed by atoms with E-state index in [2.05, 4.69) is 10.3 Å². The molecule has 0 spiro atoms. The van der Waals surface area contributed by atoms with Crippen LogP contribution in [0.4, 0.5) is 0 Å². The number of nitrogens with one attached hydrogen (secondary N) is 1. The van der Waals surface area contributed by atoms with E-state index < -0.39 is 0 Å². The lowest BCUT2D eigenvalue weighted by Crippen LogP contribution is -2.36. The van der Waals surface area contributed by atoms with Gasteiger partial charge < -0.3 is 10.1 Å². The summed E-state index contributed by atoms with van der Waals surface area (Å²) in [5, 5.41) is 4.01. The summed E-state index contributed by atoms with van der Waals surface area (Å²) in [5.74, 6) is 0. The van der Waals surface area contributed by atoms with E-state index in [1.165, 1.54) is 6.42 Å². The molecule has 1 aromatic heterocycles. The third kappa shape index (κ3) is 3.16. The van der Waals surface area contributed by atoms with E-state index in [1.807, 2.05) is 12.1 Å². The minimum atomic E-state index is 0.454. The van der Waals surface area contributed by atoms with Gasteiger partial charge in [0.2, 0.25) is 0 Å². The van der Waals surface area contributed by atoms with Crippen molar-refractivity contribution < 1.29 is 4.74 Å². The topological polar surface area (TPSA) is 34.2 Å². The first kappa shape index (κ1) is 10.9. The van der Waals surface area contributed by atoms with E-state index in [0.29, 0.717) is 11.2 Å². The van der Waals surface area contributed by atoms with Crippen LogP contribution >= 0.6 is 11.6 Å². The van der Waals surface area contributed by atoms with Gasteiger partial charge in [0, 0.05) is 31.0 Å². The highest BCUT2D eigenvalue weighted by molar-refractivity contribution is 6.30. The fraction of sp³-hybridized carbons (Fsp3) is 0.545. The molecule has 1 unspecified atom stereocenters. The van der Waals surface area contributed by atoms with Crippen LogP contribution in [0.3, 0.4) is 0 Å². The zero-order chi connectivity index (χ0) is 10.5. The molecule has 1 saturated heterocycles. The quantitative estimate of drug-likeness (QED) is 0.801. The Hall–Kier alpha value is -0.640. The van der Waals surface area contributed by atoms with Crippen molar-refractivity contribution in [3.63, 3.8) is 0 Å². The van der Waals surface area contributed by atoms with Crippen LogP contribution in [0, 0.1) is 0 Å². The Morgan fingerprint density at radius 3 is 3.27 bits per heavy atom. The van der Waals surface area contributed by atoms with Crippen molar-refractivity contribution in [1.82, 2.24) is 10.3 Å². The Morgan fingerprint density at radius 2 is 2.53 bits per heavy atom. The van der Waals surface area contributed by atoms with E-state index in [4.69, 9.17) is 16.3 Å². The molecule has 0 bridgehead atoms. The van der Waals surface area contributed by atoms with Gasteiger partial charge in [-0.15, -0.1) is 0 Å². The highest BCUT2D eigenvalue weighted by atomic mass is 35.5. The Bertz CT molecular complexity index is 313. The number of aromatic nitrogens is 1. The standard InChI is InChI=1S/C11H15ClN2O/c12-11-9(3-1-5-13-11)7-14-10-4-2-6-15-8-10/h1,3,5,10,14H,2,4,6-8H2. The molecule has 0 amide bonds. The Kier molecular flexibility index (Phi) is 3.94. The van der Waals surface area contributed by atoms with Crippen molar-refractivity contribution in [2.75, 3.05) is 13.2 Å². The Labute approximate surface area is 94.8 Å². The summed E-state index contributed by atoms with van der Waals surface area (Å²) in [5.41, 5.74) is 1.05. The lowest BCUT2D eigenvalue weighted by molar-refractivity contribution is 0.0699. The zero-order valence-corrected chi connectivity index (χ0v) is 9.33. The average molecular weight is 227 g/mol. The second-order valence-corrected chi connectivity index (χ2v) is 4.11. The van der Waals surface area contributed by atoms with Gasteiger partial charge in [-0.25, -0.2) is 4.98 Å². The molecule has 2 rings (SSSR count). The molecule has 1 fully saturated rings. The molecule has 0 saturated carbocycles. The minimum Gasteiger partial charge on any atom is -0.380 e. The van der Waals surface area contributed by atoms with Crippen LogP contribution in [-0.2, 0) is 11.3 Å². The van der Waals surface area contributed by atoms with Crippen molar-refractivity contribution in [3.8, 4) is 0 Å². The number of hydrogen-bond donors (Lipinski definition) is 1. The first-order valence-electron chi connectivity index (χ1n) is 5.27. The van der Waals surface area contributed by atoms with Crippen molar-refractivity contribution in [2.24, 2.45) is 0 Å². The molecule has 1 aliphatic rings. The van der Waals surface area contributed by atoms with Crippen LogP contribution in [0.15, 0.2) is 18.3 Å². The van der Waals surface area contributed by atoms with Crippen molar-refractivity contribution >= 4 is 11.6 Å². The van der Waals surface area contributed by atoms with Crippen LogP contribution in [-0.4, -0.2) is 24.2 Å². The molecule has 4 heteroatoms. The molecule has 1 aromatic rings. The third-order valence-electron chi connectivity index (χ3n) is 2.58. The molecule has 0 radical (unpaired) electrons. The highest BCUT2D eigenvalue weighted by Gasteiger charge is 2.13. The zero-order valence-electron chi connectivity index (χ0n) is 8.58. The molecular formula is C11H15ClN2O. The second-order valence-electron chi connectivity index (χ2n) is 3.75. The number of halogens is 1. The summed E-state index contributed by atoms with van der Waals surface area (Å²) in [4.78, 5) is 4.04. The van der Waals surface area contributed by atoms with Crippen molar-refractivity contribution in [2.45, 2.75) is 25.4 Å². The largest absolute Gasteiger partial charge is 0.380 e. The maximum Gasteiger partial charge on any atom is 0.133 e. The predicted molar refractivity (Wildman–Crippen MR) is 59.9 cm³/mol. The van der Waals surface area contributed by atoms with Crippen LogP contribution < -0.4 is 5.32 Å². The number of ether oxygens (including phenoxy) is 1. The maximum absolute atomic E-state index is 5.96. The molecule has 3 nitrogen and oxygen atoms in total. The van der Waals surface area contributed by atoms with E-state index in [-0.39, 0.29) is 0 Å². The van der Waals surface area contributed by atoms with Gasteiger partial charge in [0.25, 0.3) is 0 Å². The van der Waals surface area contributed by atoms with Gasteiger partial charge in [-0.1, -0.05) is 17.7 Å². The summed E-state index contributed by atoms with van der Waals surface area (Å²) in [7, 11) is 0. The summed E-state index contributed by atoms with van der Waals surface area (Å²) >= 11 is 5.96. The summed E-state index contributed by atoms with van der Waals surface area (Å²) in [6.45, 7) is 2.46. The van der Waals surface area contributed by atoms with Gasteiger partial charge >= 0.3 is 0 Å². The van der Waals surface area contributed by atoms with E-state index in [9.17, 15) is 0 Å². The van der Waals surface area contributed by atoms with Gasteiger partial charge in [-0.2, -0.15) is 0 Å². The van der Waals surface area contributed by atoms with Crippen LogP contribution in [0.2, 0.25) is 5.15 Å². The summed E-state index contributed by atoms with van der Waals surface area (Å²) < 4.78 is 5.39. The SMILES string of the molecule is Clc1ncccc1CNC1CCCOC1. The van der Waals surface area contributed by atoms with Crippen molar-refractivity contribution in [3.05, 3.63) is 29.0 Å². The number of pyridine rings is 1. The van der Waals surface area contributed by atoms with E-state index in [1.54, 1.807) is 6.20 Å². The van der Waals surface area contributed by atoms with Gasteiger partial charge in [-0.05, 0) is 18.9 Å². The second kappa shape index (κ2) is 5.45. The van der Waals surface area contributed by atoms with Gasteiger partial charge in [-0.3, -0.25) is 0 Å². The smallest absolute Gasteiger partial charge is 0.133 e. The molecular weight excluding hydrogens is 212 g/mol. The summed E-state index contributed by atoms with van der Waals surface area (Å²) in [6, 6.07) is 4.35. The fourth-order valence-electron chi connectivity index (χ4n) is 1.71. The normalized spacial score (nSPS) is 21.5. The molecule has 15 heavy (non-hydrogen) atoms. The van der Waals surface area contributed by atoms with Crippen LogP contribution in [0.5, 0.6) is 0 Å². The molecule has 1 atom stereocenters. The molecule has 1 N–H and O–H groups in total. The van der Waals surface area contributed by atoms with E-state index in [0.717, 1.165) is 31.7 Å². The number of hydrogen-bond acceptors (Lipinski definition) is 3. The molecule has 2 heterocycles. The van der Waals surface area contributed by atoms with E-state index >= 15 is 0 Å². The average Bonchev–Trinajstić information content (AvgIpc) is 2.29. The Balaban J connectivity index is 1.84. The first-order chi connectivity index (χ1) is 7.36. The molecule has 0 aliphatic carbocycles. The van der Waals surface area contributed by atoms with Crippen molar-refractivity contribution in [1.29, 1.82) is 0 Å². The van der Waals surface area contributed by atoms with Gasteiger partial charge in [0.15, 0.2) is 0 Å².